The number of hydrogen-bond donors (Lipinski definition) is 2. The number of benzene rings is 2. The molecule has 0 bridgehead atoms. The molecule has 5 nitrogen and oxygen atoms in total. The largest absolute Gasteiger partial charge is 0.405 e. The van der Waals surface area contributed by atoms with E-state index in [1.165, 1.54) is 0 Å². The number of rotatable bonds is 5. The normalized spacial score (nSPS) is 11.9. The summed E-state index contributed by atoms with van der Waals surface area (Å²) in [6.07, 6.45) is -4.52. The molecule has 1 amide bonds. The van der Waals surface area contributed by atoms with Crippen LogP contribution in [0.5, 0.6) is 0 Å². The first-order valence-electron chi connectivity index (χ1n) is 7.52. The quantitative estimate of drug-likeness (QED) is 0.827. The van der Waals surface area contributed by atoms with E-state index in [9.17, 15) is 26.4 Å². The lowest BCUT2D eigenvalue weighted by Gasteiger charge is -2.11. The van der Waals surface area contributed by atoms with Crippen LogP contribution in [0, 0.1) is 13.8 Å². The molecule has 140 valence electrons. The van der Waals surface area contributed by atoms with Crippen molar-refractivity contribution in [2.45, 2.75) is 24.9 Å². The van der Waals surface area contributed by atoms with Gasteiger partial charge in [-0.2, -0.15) is 13.2 Å². The Labute approximate surface area is 149 Å². The van der Waals surface area contributed by atoms with Crippen LogP contribution in [0.3, 0.4) is 0 Å². The van der Waals surface area contributed by atoms with Gasteiger partial charge in [0.25, 0.3) is 15.9 Å². The average Bonchev–Trinajstić information content (AvgIpc) is 2.50. The van der Waals surface area contributed by atoms with Gasteiger partial charge in [-0.25, -0.2) is 8.42 Å². The number of aryl methyl sites for hydroxylation is 2. The summed E-state index contributed by atoms with van der Waals surface area (Å²) in [7, 11) is -3.89. The van der Waals surface area contributed by atoms with E-state index in [1.807, 2.05) is 19.9 Å². The Morgan fingerprint density at radius 1 is 1.00 bits per heavy atom. The van der Waals surface area contributed by atoms with Crippen LogP contribution in [0.2, 0.25) is 0 Å². The zero-order chi connectivity index (χ0) is 19.5. The Kier molecular flexibility index (Phi) is 5.60. The lowest BCUT2D eigenvalue weighted by atomic mass is 10.1. The van der Waals surface area contributed by atoms with Gasteiger partial charge in [0.1, 0.15) is 6.54 Å². The fourth-order valence-corrected chi connectivity index (χ4v) is 3.36. The van der Waals surface area contributed by atoms with Crippen molar-refractivity contribution in [3.05, 3.63) is 59.2 Å². The van der Waals surface area contributed by atoms with Crippen LogP contribution in [0.15, 0.2) is 47.4 Å². The van der Waals surface area contributed by atoms with Crippen molar-refractivity contribution in [3.8, 4) is 0 Å². The van der Waals surface area contributed by atoms with Crippen LogP contribution < -0.4 is 10.0 Å². The molecule has 0 radical (unpaired) electrons. The van der Waals surface area contributed by atoms with Crippen LogP contribution in [-0.2, 0) is 10.0 Å². The van der Waals surface area contributed by atoms with E-state index in [0.29, 0.717) is 5.69 Å². The maximum absolute atomic E-state index is 12.4. The number of halogens is 3. The Morgan fingerprint density at radius 2 is 1.54 bits per heavy atom. The molecule has 9 heteroatoms. The number of nitrogens with one attached hydrogen (secondary N) is 2. The van der Waals surface area contributed by atoms with Gasteiger partial charge in [-0.15, -0.1) is 0 Å². The third-order valence-electron chi connectivity index (χ3n) is 3.35. The van der Waals surface area contributed by atoms with Crippen molar-refractivity contribution in [2.75, 3.05) is 11.3 Å². The monoisotopic (exact) mass is 386 g/mol. The van der Waals surface area contributed by atoms with Gasteiger partial charge in [-0.1, -0.05) is 6.07 Å². The Bertz CT molecular complexity index is 888. The van der Waals surface area contributed by atoms with Gasteiger partial charge in [0.2, 0.25) is 0 Å². The van der Waals surface area contributed by atoms with E-state index in [-0.39, 0.29) is 10.5 Å². The Balaban J connectivity index is 2.14. The van der Waals surface area contributed by atoms with E-state index in [4.69, 9.17) is 0 Å². The smallest absolute Gasteiger partial charge is 0.343 e. The summed E-state index contributed by atoms with van der Waals surface area (Å²) in [4.78, 5) is 11.5. The standard InChI is InChI=1S/C17H17F3N2O3S/c1-11-7-12(2)9-14(8-11)22-26(24,25)15-5-3-13(4-6-15)16(23)21-10-17(18,19)20/h3-9,22H,10H2,1-2H3,(H,21,23). The Morgan fingerprint density at radius 3 is 2.04 bits per heavy atom. The third-order valence-corrected chi connectivity index (χ3v) is 4.75. The van der Waals surface area contributed by atoms with Gasteiger partial charge in [0.15, 0.2) is 0 Å². The minimum Gasteiger partial charge on any atom is -0.343 e. The van der Waals surface area contributed by atoms with Crippen molar-refractivity contribution in [1.82, 2.24) is 5.32 Å². The van der Waals surface area contributed by atoms with Gasteiger partial charge in [-0.3, -0.25) is 9.52 Å². The lowest BCUT2D eigenvalue weighted by Crippen LogP contribution is -2.33. The van der Waals surface area contributed by atoms with Gasteiger partial charge >= 0.3 is 6.18 Å². The molecular weight excluding hydrogens is 369 g/mol. The molecule has 2 N–H and O–H groups in total. The maximum Gasteiger partial charge on any atom is 0.405 e. The van der Waals surface area contributed by atoms with Crippen LogP contribution in [-0.4, -0.2) is 27.0 Å². The number of alkyl halides is 3. The second-order valence-corrected chi connectivity index (χ2v) is 7.49. The highest BCUT2D eigenvalue weighted by Gasteiger charge is 2.28. The predicted molar refractivity (Wildman–Crippen MR) is 91.6 cm³/mol. The topological polar surface area (TPSA) is 75.3 Å². The summed E-state index contributed by atoms with van der Waals surface area (Å²) in [6.45, 7) is 2.21. The zero-order valence-electron chi connectivity index (χ0n) is 14.0. The number of amides is 1. The zero-order valence-corrected chi connectivity index (χ0v) is 14.8. The summed E-state index contributed by atoms with van der Waals surface area (Å²) in [5.74, 6) is -0.937. The highest BCUT2D eigenvalue weighted by molar-refractivity contribution is 7.92. The average molecular weight is 386 g/mol. The molecule has 0 heterocycles. The first-order valence-corrected chi connectivity index (χ1v) is 9.01. The van der Waals surface area contributed by atoms with Gasteiger partial charge in [0.05, 0.1) is 4.90 Å². The summed E-state index contributed by atoms with van der Waals surface area (Å²) in [6, 6.07) is 9.86. The second-order valence-electron chi connectivity index (χ2n) is 5.80. The molecule has 0 aromatic heterocycles. The fraction of sp³-hybridized carbons (Fsp3) is 0.235. The first kappa shape index (κ1) is 19.8. The molecule has 0 unspecified atom stereocenters. The van der Waals surface area contributed by atoms with Crippen molar-refractivity contribution >= 4 is 21.6 Å². The molecule has 0 atom stereocenters. The molecule has 2 aromatic rings. The second kappa shape index (κ2) is 7.36. The number of hydrogen-bond acceptors (Lipinski definition) is 3. The molecule has 0 saturated carbocycles. The molecule has 0 aliphatic heterocycles. The minimum absolute atomic E-state index is 0.0698. The van der Waals surface area contributed by atoms with E-state index < -0.39 is 28.7 Å². The van der Waals surface area contributed by atoms with E-state index >= 15 is 0 Å². The van der Waals surface area contributed by atoms with Crippen LogP contribution >= 0.6 is 0 Å². The van der Waals surface area contributed by atoms with Crippen molar-refractivity contribution in [1.29, 1.82) is 0 Å². The summed E-state index contributed by atoms with van der Waals surface area (Å²) >= 11 is 0. The molecule has 2 rings (SSSR count). The molecule has 2 aromatic carbocycles. The molecule has 0 spiro atoms. The van der Waals surface area contributed by atoms with Gasteiger partial charge in [-0.05, 0) is 61.4 Å². The van der Waals surface area contributed by atoms with Crippen molar-refractivity contribution in [2.24, 2.45) is 0 Å². The van der Waals surface area contributed by atoms with Crippen LogP contribution in [0.4, 0.5) is 18.9 Å². The van der Waals surface area contributed by atoms with E-state index in [0.717, 1.165) is 35.4 Å². The molecule has 26 heavy (non-hydrogen) atoms. The fourth-order valence-electron chi connectivity index (χ4n) is 2.32. The number of sulfonamides is 1. The van der Waals surface area contributed by atoms with E-state index in [1.54, 1.807) is 17.4 Å². The number of carbonyl (C=O) groups is 1. The van der Waals surface area contributed by atoms with Crippen LogP contribution in [0.25, 0.3) is 0 Å². The van der Waals surface area contributed by atoms with E-state index in [2.05, 4.69) is 4.72 Å². The number of anilines is 1. The third kappa shape index (κ3) is 5.48. The highest BCUT2D eigenvalue weighted by atomic mass is 32.2. The predicted octanol–water partition coefficient (Wildman–Crippen LogP) is 3.40. The van der Waals surface area contributed by atoms with Gasteiger partial charge in [0, 0.05) is 11.3 Å². The maximum atomic E-state index is 12.4. The molecule has 0 saturated heterocycles. The number of carbonyl (C=O) groups excluding carboxylic acids is 1. The summed E-state index contributed by atoms with van der Waals surface area (Å²) < 4.78 is 63.6. The Hall–Kier alpha value is -2.55. The van der Waals surface area contributed by atoms with Crippen molar-refractivity contribution < 1.29 is 26.4 Å². The lowest BCUT2D eigenvalue weighted by molar-refractivity contribution is -0.123. The molecule has 0 fully saturated rings. The summed E-state index contributed by atoms with van der Waals surface area (Å²) in [5, 5.41) is 1.72. The minimum atomic E-state index is -4.52. The van der Waals surface area contributed by atoms with Crippen molar-refractivity contribution in [3.63, 3.8) is 0 Å². The SMILES string of the molecule is Cc1cc(C)cc(NS(=O)(=O)c2ccc(C(=O)NCC(F)(F)F)cc2)c1. The van der Waals surface area contributed by atoms with Crippen LogP contribution in [0.1, 0.15) is 21.5 Å². The highest BCUT2D eigenvalue weighted by Crippen LogP contribution is 2.19. The molecule has 0 aliphatic rings. The summed E-state index contributed by atoms with van der Waals surface area (Å²) in [5.41, 5.74) is 2.10. The molecule has 0 aliphatic carbocycles. The molecular formula is C17H17F3N2O3S. The van der Waals surface area contributed by atoms with Gasteiger partial charge < -0.3 is 5.32 Å². The first-order chi connectivity index (χ1) is 12.0.